The number of nitrogens with one attached hydrogen (secondary N) is 2. The topological polar surface area (TPSA) is 79.8 Å². The minimum atomic E-state index is -1.18. The van der Waals surface area contributed by atoms with Gasteiger partial charge in [-0.3, -0.25) is 4.90 Å². The van der Waals surface area contributed by atoms with Crippen LogP contribution in [0.5, 0.6) is 0 Å². The van der Waals surface area contributed by atoms with E-state index >= 15 is 0 Å². The van der Waals surface area contributed by atoms with Crippen molar-refractivity contribution in [2.45, 2.75) is 45.3 Å². The molecule has 2 saturated heterocycles. The molecular weight excluding hydrogens is 609 g/mol. The van der Waals surface area contributed by atoms with Crippen molar-refractivity contribution in [3.8, 4) is 0 Å². The minimum Gasteiger partial charge on any atom is -0.386 e. The number of nitrogens with zero attached hydrogens (tertiary/aromatic N) is 5. The molecule has 0 unspecified atom stereocenters. The van der Waals surface area contributed by atoms with Gasteiger partial charge in [-0.1, -0.05) is 17.7 Å². The highest BCUT2D eigenvalue weighted by Gasteiger charge is 2.28. The Hall–Kier alpha value is -2.50. The fourth-order valence-electron chi connectivity index (χ4n) is 5.68. The molecule has 0 saturated carbocycles. The van der Waals surface area contributed by atoms with Crippen molar-refractivity contribution in [1.82, 2.24) is 19.8 Å². The predicted octanol–water partition coefficient (Wildman–Crippen LogP) is 6.27. The lowest BCUT2D eigenvalue weighted by atomic mass is 9.96. The highest BCUT2D eigenvalue weighted by molar-refractivity contribution is 9.10. The smallest absolute Gasteiger partial charge is 0.229 e. The van der Waals surface area contributed by atoms with Crippen LogP contribution in [0.4, 0.5) is 33.2 Å². The van der Waals surface area contributed by atoms with Crippen molar-refractivity contribution >= 4 is 56.4 Å². The summed E-state index contributed by atoms with van der Waals surface area (Å²) in [5, 5.41) is 17.5. The van der Waals surface area contributed by atoms with Gasteiger partial charge in [0.25, 0.3) is 0 Å². The van der Waals surface area contributed by atoms with Crippen LogP contribution in [0.25, 0.3) is 0 Å². The van der Waals surface area contributed by atoms with Gasteiger partial charge in [-0.2, -0.15) is 4.98 Å². The molecule has 2 aliphatic rings. The summed E-state index contributed by atoms with van der Waals surface area (Å²) < 4.78 is 14.7. The maximum absolute atomic E-state index is 14.1. The molecule has 0 radical (unpaired) electrons. The van der Waals surface area contributed by atoms with E-state index in [0.29, 0.717) is 44.2 Å². The fraction of sp³-hybridized carbons (Fsp3) is 0.467. The fourth-order valence-corrected chi connectivity index (χ4v) is 6.18. The summed E-state index contributed by atoms with van der Waals surface area (Å²) in [5.41, 5.74) is 2.76. The van der Waals surface area contributed by atoms with Gasteiger partial charge >= 0.3 is 0 Å². The van der Waals surface area contributed by atoms with Crippen LogP contribution >= 0.6 is 27.5 Å². The maximum atomic E-state index is 14.1. The third kappa shape index (κ3) is 7.11. The quantitative estimate of drug-likeness (QED) is 0.277. The molecule has 41 heavy (non-hydrogen) atoms. The zero-order valence-corrected chi connectivity index (χ0v) is 26.4. The number of halogens is 3. The van der Waals surface area contributed by atoms with E-state index in [2.05, 4.69) is 65.2 Å². The molecule has 8 nitrogen and oxygen atoms in total. The second-order valence-corrected chi connectivity index (χ2v) is 12.8. The molecule has 0 amide bonds. The average molecular weight is 647 g/mol. The van der Waals surface area contributed by atoms with Crippen molar-refractivity contribution in [3.63, 3.8) is 0 Å². The normalized spacial score (nSPS) is 17.6. The van der Waals surface area contributed by atoms with Crippen LogP contribution in [0.3, 0.4) is 0 Å². The number of piperidine rings is 1. The van der Waals surface area contributed by atoms with Crippen LogP contribution in [0.2, 0.25) is 5.02 Å². The van der Waals surface area contributed by atoms with Crippen LogP contribution in [0.1, 0.15) is 37.8 Å². The molecule has 2 fully saturated rings. The number of hydrogen-bond donors (Lipinski definition) is 3. The van der Waals surface area contributed by atoms with Gasteiger partial charge < -0.3 is 25.5 Å². The summed E-state index contributed by atoms with van der Waals surface area (Å²) in [5.74, 6) is 0.333. The van der Waals surface area contributed by atoms with E-state index in [-0.39, 0.29) is 0 Å². The predicted molar refractivity (Wildman–Crippen MR) is 168 cm³/mol. The second kappa shape index (κ2) is 12.4. The largest absolute Gasteiger partial charge is 0.386 e. The van der Waals surface area contributed by atoms with Gasteiger partial charge in [-0.05, 0) is 86.4 Å². The van der Waals surface area contributed by atoms with Crippen molar-refractivity contribution in [2.24, 2.45) is 0 Å². The molecule has 11 heteroatoms. The van der Waals surface area contributed by atoms with Gasteiger partial charge in [0.2, 0.25) is 5.95 Å². The van der Waals surface area contributed by atoms with Crippen LogP contribution < -0.4 is 15.5 Å². The molecule has 0 bridgehead atoms. The first-order chi connectivity index (χ1) is 19.5. The summed E-state index contributed by atoms with van der Waals surface area (Å²) >= 11 is 10.2. The summed E-state index contributed by atoms with van der Waals surface area (Å²) in [4.78, 5) is 16.5. The van der Waals surface area contributed by atoms with Crippen molar-refractivity contribution in [3.05, 3.63) is 63.0 Å². The zero-order chi connectivity index (χ0) is 29.3. The first-order valence-corrected chi connectivity index (χ1v) is 15.2. The number of aryl methyl sites for hydroxylation is 1. The lowest BCUT2D eigenvalue weighted by molar-refractivity contribution is 0.0793. The minimum absolute atomic E-state index is 0.332. The number of rotatable bonds is 7. The van der Waals surface area contributed by atoms with Crippen LogP contribution in [0.15, 0.2) is 41.0 Å². The number of aliphatic hydroxyl groups is 1. The number of anilines is 5. The van der Waals surface area contributed by atoms with Gasteiger partial charge in [0, 0.05) is 68.4 Å². The highest BCUT2D eigenvalue weighted by atomic mass is 79.9. The number of piperazine rings is 1. The maximum Gasteiger partial charge on any atom is 0.229 e. The summed E-state index contributed by atoms with van der Waals surface area (Å²) in [6, 6.07) is 8.93. The molecule has 3 aromatic rings. The Morgan fingerprint density at radius 3 is 2.41 bits per heavy atom. The summed E-state index contributed by atoms with van der Waals surface area (Å²) in [6.07, 6.45) is 3.92. The highest BCUT2D eigenvalue weighted by Crippen LogP contribution is 2.36. The average Bonchev–Trinajstić information content (AvgIpc) is 2.92. The number of aromatic nitrogens is 2. The Morgan fingerprint density at radius 1 is 1.02 bits per heavy atom. The van der Waals surface area contributed by atoms with Crippen molar-refractivity contribution in [1.29, 1.82) is 0 Å². The van der Waals surface area contributed by atoms with Gasteiger partial charge in [0.15, 0.2) is 0 Å². The van der Waals surface area contributed by atoms with Gasteiger partial charge in [-0.25, -0.2) is 9.37 Å². The molecule has 0 atom stereocenters. The zero-order valence-electron chi connectivity index (χ0n) is 24.0. The Morgan fingerprint density at radius 2 is 1.73 bits per heavy atom. The third-order valence-electron chi connectivity index (χ3n) is 8.03. The third-order valence-corrected chi connectivity index (χ3v) is 8.92. The molecule has 3 heterocycles. The Bertz CT molecular complexity index is 1390. The Kier molecular flexibility index (Phi) is 9.06. The molecule has 1 aromatic heterocycles. The first-order valence-electron chi connectivity index (χ1n) is 14.0. The Labute approximate surface area is 255 Å². The molecule has 3 N–H and O–H groups in total. The lowest BCUT2D eigenvalue weighted by Crippen LogP contribution is -2.52. The SMILES string of the molecule is Cc1cc(Nc2ncc(Br)c(Nc3cc(F)ccc3C(C)(C)O)n2)c(Cl)cc1N1CCC(N2CCN(C)CC2)CC1. The molecule has 220 valence electrons. The van der Waals surface area contributed by atoms with Crippen LogP contribution in [0, 0.1) is 12.7 Å². The van der Waals surface area contributed by atoms with Crippen molar-refractivity contribution < 1.29 is 9.50 Å². The van der Waals surface area contributed by atoms with E-state index in [4.69, 9.17) is 11.6 Å². The number of benzene rings is 2. The van der Waals surface area contributed by atoms with E-state index in [9.17, 15) is 9.50 Å². The molecule has 0 spiro atoms. The van der Waals surface area contributed by atoms with Crippen LogP contribution in [-0.4, -0.2) is 77.2 Å². The van der Waals surface area contributed by atoms with Gasteiger partial charge in [-0.15, -0.1) is 0 Å². The van der Waals surface area contributed by atoms with Crippen LogP contribution in [-0.2, 0) is 5.60 Å². The lowest BCUT2D eigenvalue weighted by Gasteiger charge is -2.43. The summed E-state index contributed by atoms with van der Waals surface area (Å²) in [7, 11) is 2.20. The van der Waals surface area contributed by atoms with E-state index in [1.54, 1.807) is 26.1 Å². The van der Waals surface area contributed by atoms with Gasteiger partial charge in [0.05, 0.1) is 20.8 Å². The van der Waals surface area contributed by atoms with E-state index in [1.165, 1.54) is 12.1 Å². The number of hydrogen-bond acceptors (Lipinski definition) is 8. The second-order valence-electron chi connectivity index (χ2n) is 11.6. The van der Waals surface area contributed by atoms with E-state index < -0.39 is 11.4 Å². The number of likely N-dealkylation sites (N-methyl/N-ethyl adjacent to an activating group) is 1. The Balaban J connectivity index is 1.29. The molecule has 2 aliphatic heterocycles. The summed E-state index contributed by atoms with van der Waals surface area (Å²) in [6.45, 7) is 12.0. The first kappa shape index (κ1) is 30.0. The standard InChI is InChI=1S/C30H38BrClFN7O/c1-19-15-26(24(32)17-27(19)40-9-7-21(8-10-40)39-13-11-38(4)12-14-39)36-29-34-18-23(31)28(37-29)35-25-16-20(33)5-6-22(25)30(2,3)41/h5-6,15-18,21,41H,7-14H2,1-4H3,(H2,34,35,36,37). The van der Waals surface area contributed by atoms with Crippen molar-refractivity contribution in [2.75, 3.05) is 61.8 Å². The van der Waals surface area contributed by atoms with Gasteiger partial charge in [0.1, 0.15) is 11.6 Å². The molecule has 5 rings (SSSR count). The van der Waals surface area contributed by atoms with E-state index in [0.717, 1.165) is 63.4 Å². The molecular formula is C30H38BrClFN7O. The molecule has 0 aliphatic carbocycles. The monoisotopic (exact) mass is 645 g/mol. The van der Waals surface area contributed by atoms with E-state index in [1.807, 2.05) is 12.1 Å². The molecule has 2 aromatic carbocycles.